The number of ether oxygens (including phenoxy) is 2. The second kappa shape index (κ2) is 10.4. The average Bonchev–Trinajstić information content (AvgIpc) is 2.86. The molecule has 1 aliphatic rings. The number of aromatic nitrogens is 2. The first-order chi connectivity index (χ1) is 16.1. The van der Waals surface area contributed by atoms with Crippen LogP contribution in [0.2, 0.25) is 0 Å². The van der Waals surface area contributed by atoms with Crippen LogP contribution in [0.3, 0.4) is 0 Å². The minimum absolute atomic E-state index is 0.146. The van der Waals surface area contributed by atoms with Gasteiger partial charge in [-0.25, -0.2) is 19.6 Å². The molecule has 2 aromatic heterocycles. The number of carbonyl (C=O) groups excluding carboxylic acids is 1. The van der Waals surface area contributed by atoms with E-state index in [1.165, 1.54) is 12.3 Å². The summed E-state index contributed by atoms with van der Waals surface area (Å²) in [6, 6.07) is 16.1. The molecular weight excluding hydrogens is 424 g/mol. The molecule has 3 aromatic rings. The van der Waals surface area contributed by atoms with E-state index in [1.54, 1.807) is 29.3 Å². The molecule has 3 heterocycles. The molecule has 0 aliphatic carbocycles. The summed E-state index contributed by atoms with van der Waals surface area (Å²) >= 11 is 0. The van der Waals surface area contributed by atoms with Gasteiger partial charge < -0.3 is 24.4 Å². The molecule has 1 saturated heterocycles. The zero-order valence-corrected chi connectivity index (χ0v) is 18.0. The lowest BCUT2D eigenvalue weighted by molar-refractivity contribution is 0.0696. The summed E-state index contributed by atoms with van der Waals surface area (Å²) in [5.74, 6) is 0.766. The predicted octanol–water partition coefficient (Wildman–Crippen LogP) is 3.12. The highest BCUT2D eigenvalue weighted by Gasteiger charge is 2.23. The van der Waals surface area contributed by atoms with Gasteiger partial charge in [0.25, 0.3) is 0 Å². The number of pyridine rings is 2. The molecule has 0 radical (unpaired) electrons. The van der Waals surface area contributed by atoms with Crippen LogP contribution in [0.25, 0.3) is 0 Å². The molecule has 9 heteroatoms. The molecule has 1 fully saturated rings. The maximum Gasteiger partial charge on any atom is 0.415 e. The Morgan fingerprint density at radius 2 is 1.73 bits per heavy atom. The van der Waals surface area contributed by atoms with E-state index in [0.29, 0.717) is 56.7 Å². The van der Waals surface area contributed by atoms with Gasteiger partial charge in [-0.15, -0.1) is 0 Å². The number of carbonyl (C=O) groups is 2. The number of hydrogen-bond acceptors (Lipinski definition) is 7. The van der Waals surface area contributed by atoms with E-state index < -0.39 is 12.1 Å². The lowest BCUT2D eigenvalue weighted by Gasteiger charge is -2.34. The van der Waals surface area contributed by atoms with E-state index in [-0.39, 0.29) is 5.56 Å². The summed E-state index contributed by atoms with van der Waals surface area (Å²) < 4.78 is 11.1. The first-order valence-electron chi connectivity index (χ1n) is 10.6. The second-order valence-electron chi connectivity index (χ2n) is 7.46. The van der Waals surface area contributed by atoms with Crippen LogP contribution in [0.4, 0.5) is 10.6 Å². The van der Waals surface area contributed by atoms with Gasteiger partial charge in [0.2, 0.25) is 5.88 Å². The number of benzene rings is 1. The van der Waals surface area contributed by atoms with Crippen LogP contribution in [-0.4, -0.2) is 64.8 Å². The van der Waals surface area contributed by atoms with Crippen LogP contribution in [-0.2, 0) is 6.42 Å². The van der Waals surface area contributed by atoms with Crippen molar-refractivity contribution in [2.45, 2.75) is 6.42 Å². The van der Waals surface area contributed by atoms with Crippen molar-refractivity contribution in [3.05, 3.63) is 78.1 Å². The third-order valence-corrected chi connectivity index (χ3v) is 5.26. The summed E-state index contributed by atoms with van der Waals surface area (Å²) in [7, 11) is 0. The number of carboxylic acids is 1. The van der Waals surface area contributed by atoms with Gasteiger partial charge in [0.15, 0.2) is 0 Å². The van der Waals surface area contributed by atoms with Gasteiger partial charge in [0.1, 0.15) is 11.6 Å². The Bertz CT molecular complexity index is 1070. The summed E-state index contributed by atoms with van der Waals surface area (Å²) in [6.07, 6.45) is 3.35. The van der Waals surface area contributed by atoms with Crippen LogP contribution in [0, 0.1) is 0 Å². The monoisotopic (exact) mass is 448 g/mol. The number of amides is 1. The Morgan fingerprint density at radius 3 is 2.36 bits per heavy atom. The van der Waals surface area contributed by atoms with Crippen molar-refractivity contribution in [1.82, 2.24) is 14.9 Å². The normalized spacial score (nSPS) is 13.5. The van der Waals surface area contributed by atoms with Crippen LogP contribution >= 0.6 is 0 Å². The van der Waals surface area contributed by atoms with Crippen molar-refractivity contribution < 1.29 is 24.2 Å². The zero-order chi connectivity index (χ0) is 23.0. The third kappa shape index (κ3) is 5.97. The number of aromatic carboxylic acids is 1. The number of hydrogen-bond donors (Lipinski definition) is 1. The highest BCUT2D eigenvalue weighted by Crippen LogP contribution is 2.17. The van der Waals surface area contributed by atoms with Gasteiger partial charge >= 0.3 is 12.1 Å². The number of carboxylic acid groups (broad SMARTS) is 1. The van der Waals surface area contributed by atoms with Crippen LogP contribution in [0.1, 0.15) is 15.9 Å². The van der Waals surface area contributed by atoms with Crippen molar-refractivity contribution in [3.63, 3.8) is 0 Å². The lowest BCUT2D eigenvalue weighted by Crippen LogP contribution is -2.49. The summed E-state index contributed by atoms with van der Waals surface area (Å²) in [4.78, 5) is 35.5. The maximum absolute atomic E-state index is 12.5. The van der Waals surface area contributed by atoms with Crippen molar-refractivity contribution in [3.8, 4) is 11.6 Å². The van der Waals surface area contributed by atoms with Gasteiger partial charge in [-0.3, -0.25) is 0 Å². The fraction of sp³-hybridized carbons (Fsp3) is 0.250. The Labute approximate surface area is 191 Å². The molecule has 33 heavy (non-hydrogen) atoms. The lowest BCUT2D eigenvalue weighted by atomic mass is 10.1. The average molecular weight is 448 g/mol. The van der Waals surface area contributed by atoms with Gasteiger partial charge in [-0.2, -0.15) is 0 Å². The highest BCUT2D eigenvalue weighted by atomic mass is 16.6. The molecule has 1 amide bonds. The van der Waals surface area contributed by atoms with Crippen LogP contribution < -0.4 is 14.4 Å². The molecule has 0 atom stereocenters. The van der Waals surface area contributed by atoms with E-state index in [1.807, 2.05) is 35.2 Å². The zero-order valence-electron chi connectivity index (χ0n) is 18.0. The summed E-state index contributed by atoms with van der Waals surface area (Å²) in [5.41, 5.74) is 1.22. The topological polar surface area (TPSA) is 105 Å². The van der Waals surface area contributed by atoms with E-state index >= 15 is 0 Å². The highest BCUT2D eigenvalue weighted by molar-refractivity contribution is 5.87. The molecular formula is C24H24N4O5. The molecule has 1 aromatic carbocycles. The fourth-order valence-electron chi connectivity index (χ4n) is 3.41. The first-order valence-corrected chi connectivity index (χ1v) is 10.6. The van der Waals surface area contributed by atoms with Gasteiger partial charge in [0.05, 0.1) is 12.2 Å². The Balaban J connectivity index is 1.22. The Morgan fingerprint density at radius 1 is 0.939 bits per heavy atom. The smallest absolute Gasteiger partial charge is 0.415 e. The Kier molecular flexibility index (Phi) is 6.99. The number of rotatable bonds is 7. The number of piperazine rings is 1. The van der Waals surface area contributed by atoms with Gasteiger partial charge in [0, 0.05) is 51.1 Å². The molecule has 0 saturated carbocycles. The minimum atomic E-state index is -1.01. The fourth-order valence-corrected chi connectivity index (χ4v) is 3.41. The summed E-state index contributed by atoms with van der Waals surface area (Å²) in [6.45, 7) is 2.66. The third-order valence-electron chi connectivity index (χ3n) is 5.26. The molecule has 0 spiro atoms. The van der Waals surface area contributed by atoms with Gasteiger partial charge in [-0.1, -0.05) is 18.2 Å². The van der Waals surface area contributed by atoms with Crippen molar-refractivity contribution in [2.24, 2.45) is 0 Å². The van der Waals surface area contributed by atoms with Crippen molar-refractivity contribution in [2.75, 3.05) is 37.7 Å². The molecule has 0 bridgehead atoms. The molecule has 1 N–H and O–H groups in total. The van der Waals surface area contributed by atoms with Crippen molar-refractivity contribution in [1.29, 1.82) is 0 Å². The minimum Gasteiger partial charge on any atom is -0.478 e. The predicted molar refractivity (Wildman–Crippen MR) is 121 cm³/mol. The molecule has 1 aliphatic heterocycles. The maximum atomic E-state index is 12.5. The van der Waals surface area contributed by atoms with Crippen LogP contribution in [0.15, 0.2) is 67.0 Å². The largest absolute Gasteiger partial charge is 0.478 e. The molecule has 170 valence electrons. The molecule has 9 nitrogen and oxygen atoms in total. The second-order valence-corrected chi connectivity index (χ2v) is 7.46. The van der Waals surface area contributed by atoms with Crippen LogP contribution in [0.5, 0.6) is 11.6 Å². The Hall–Kier alpha value is -4.14. The SMILES string of the molecule is O=C(O)c1ccc(N2CCN(C(=O)Oc3ccc(CCOc4ccccn4)cc3)CC2)nc1. The van der Waals surface area contributed by atoms with E-state index in [2.05, 4.69) is 9.97 Å². The van der Waals surface area contributed by atoms with E-state index in [9.17, 15) is 9.59 Å². The first kappa shape index (κ1) is 22.1. The van der Waals surface area contributed by atoms with Crippen molar-refractivity contribution >= 4 is 17.9 Å². The standard InChI is InChI=1S/C24H24N4O5/c29-23(30)19-6-9-21(26-17-19)27-12-14-28(15-13-27)24(31)33-20-7-4-18(5-8-20)10-16-32-22-3-1-2-11-25-22/h1-9,11,17H,10,12-16H2,(H,29,30). The summed E-state index contributed by atoms with van der Waals surface area (Å²) in [5, 5.41) is 8.98. The quantitative estimate of drug-likeness (QED) is 0.588. The molecule has 4 rings (SSSR count). The van der Waals surface area contributed by atoms with Gasteiger partial charge in [-0.05, 0) is 35.9 Å². The molecule has 0 unspecified atom stereocenters. The number of anilines is 1. The van der Waals surface area contributed by atoms with E-state index in [0.717, 1.165) is 5.56 Å². The van der Waals surface area contributed by atoms with E-state index in [4.69, 9.17) is 14.6 Å². The number of nitrogens with zero attached hydrogens (tertiary/aromatic N) is 4.